The van der Waals surface area contributed by atoms with Crippen molar-refractivity contribution < 1.29 is 37.5 Å². The third-order valence-electron chi connectivity index (χ3n) is 12.1. The lowest BCUT2D eigenvalue weighted by atomic mass is 9.49. The molecule has 3 heterocycles. The fourth-order valence-corrected chi connectivity index (χ4v) is 10.2. The van der Waals surface area contributed by atoms with Gasteiger partial charge in [-0.05, 0) is 60.0 Å². The molecule has 57 heavy (non-hydrogen) atoms. The third kappa shape index (κ3) is 5.33. The summed E-state index contributed by atoms with van der Waals surface area (Å²) in [4.78, 5) is 64.3. The van der Waals surface area contributed by atoms with Crippen molar-refractivity contribution in [2.75, 3.05) is 17.0 Å². The maximum absolute atomic E-state index is 15.5. The molecule has 5 aromatic rings. The van der Waals surface area contributed by atoms with Crippen LogP contribution < -0.4 is 9.91 Å². The molecule has 4 aromatic carbocycles. The van der Waals surface area contributed by atoms with Crippen LogP contribution in [0.2, 0.25) is 10.0 Å². The van der Waals surface area contributed by atoms with E-state index in [-0.39, 0.29) is 29.3 Å². The number of pyridine rings is 1. The van der Waals surface area contributed by atoms with Crippen molar-refractivity contribution in [1.82, 2.24) is 9.99 Å². The van der Waals surface area contributed by atoms with Crippen LogP contribution in [0.4, 0.5) is 24.7 Å². The first-order valence-corrected chi connectivity index (χ1v) is 19.0. The van der Waals surface area contributed by atoms with E-state index < -0.39 is 76.3 Å². The average molecular weight is 812 g/mol. The first-order valence-electron chi connectivity index (χ1n) is 18.2. The Balaban J connectivity index is 1.24. The van der Waals surface area contributed by atoms with Gasteiger partial charge >= 0.3 is 6.18 Å². The second-order valence-corrected chi connectivity index (χ2v) is 15.7. The number of aromatic nitrogens is 1. The number of phenolic OH excluding ortho intramolecular Hbond substituents is 1. The van der Waals surface area contributed by atoms with E-state index >= 15 is 9.59 Å². The van der Waals surface area contributed by atoms with E-state index in [1.54, 1.807) is 66.7 Å². The molecule has 4 aliphatic rings. The summed E-state index contributed by atoms with van der Waals surface area (Å²) in [6.45, 7) is 0. The Kier molecular flexibility index (Phi) is 8.53. The van der Waals surface area contributed by atoms with Crippen LogP contribution >= 0.6 is 23.2 Å². The molecule has 0 bridgehead atoms. The molecule has 0 radical (unpaired) electrons. The van der Waals surface area contributed by atoms with Gasteiger partial charge in [-0.2, -0.15) is 18.2 Å². The zero-order valence-corrected chi connectivity index (χ0v) is 31.5. The molecule has 1 N–H and O–H groups in total. The number of anilines is 2. The zero-order chi connectivity index (χ0) is 40.1. The molecule has 1 aromatic heterocycles. The topological polar surface area (TPSA) is 111 Å². The summed E-state index contributed by atoms with van der Waals surface area (Å²) in [6.07, 6.45) is -2.99. The van der Waals surface area contributed by atoms with Gasteiger partial charge in [-0.3, -0.25) is 24.2 Å². The number of hydrogen-bond donors (Lipinski definition) is 1. The summed E-state index contributed by atoms with van der Waals surface area (Å²) in [5.41, 5.74) is -1.16. The maximum Gasteiger partial charge on any atom is 0.433 e. The van der Waals surface area contributed by atoms with Crippen molar-refractivity contribution in [2.45, 2.75) is 30.4 Å². The van der Waals surface area contributed by atoms with Gasteiger partial charge in [0.2, 0.25) is 11.8 Å². The molecule has 2 aliphatic carbocycles. The van der Waals surface area contributed by atoms with Crippen LogP contribution in [0.25, 0.3) is 10.8 Å². The SMILES string of the molecule is CN(c1nc(C(F)(F)F)ccc1Cl)N1C(=O)[C@H]2[C@H](CC=C3[C@H]2C[C@H]2C(=O)N(c4cccc(Cl)c4)C(=O)[C@@]2(c2ccccc2)[C@H]3c2ccc3ccccc3c2O)C1=O. The number of amides is 4. The van der Waals surface area contributed by atoms with E-state index in [0.29, 0.717) is 33.2 Å². The average Bonchev–Trinajstić information content (AvgIpc) is 3.58. The molecule has 1 saturated carbocycles. The van der Waals surface area contributed by atoms with Crippen LogP contribution in [0, 0.1) is 23.7 Å². The number of imide groups is 2. The second-order valence-electron chi connectivity index (χ2n) is 14.8. The van der Waals surface area contributed by atoms with Crippen LogP contribution in [-0.2, 0) is 30.8 Å². The molecule has 14 heteroatoms. The summed E-state index contributed by atoms with van der Waals surface area (Å²) < 4.78 is 41.2. The third-order valence-corrected chi connectivity index (χ3v) is 12.6. The number of carbonyl (C=O) groups is 4. The summed E-state index contributed by atoms with van der Waals surface area (Å²) in [7, 11) is 1.25. The Morgan fingerprint density at radius 1 is 0.842 bits per heavy atom. The summed E-state index contributed by atoms with van der Waals surface area (Å²) in [5.74, 6) is -7.95. The molecule has 3 fully saturated rings. The van der Waals surface area contributed by atoms with E-state index in [0.717, 1.165) is 26.4 Å². The molecule has 0 spiro atoms. The Morgan fingerprint density at radius 3 is 2.32 bits per heavy atom. The molecular weight excluding hydrogens is 780 g/mol. The molecule has 4 amide bonds. The predicted molar refractivity (Wildman–Crippen MR) is 206 cm³/mol. The van der Waals surface area contributed by atoms with Crippen molar-refractivity contribution in [3.8, 4) is 5.75 Å². The van der Waals surface area contributed by atoms with Crippen molar-refractivity contribution in [1.29, 1.82) is 0 Å². The van der Waals surface area contributed by atoms with Crippen molar-refractivity contribution in [2.24, 2.45) is 23.7 Å². The van der Waals surface area contributed by atoms with E-state index in [1.165, 1.54) is 13.1 Å². The van der Waals surface area contributed by atoms with Gasteiger partial charge in [0.1, 0.15) is 11.4 Å². The fraction of sp³-hybridized carbons (Fsp3) is 0.233. The largest absolute Gasteiger partial charge is 0.507 e. The molecule has 9 nitrogen and oxygen atoms in total. The number of phenols is 1. The normalized spacial score (nSPS) is 25.7. The van der Waals surface area contributed by atoms with E-state index in [9.17, 15) is 27.9 Å². The number of carbonyl (C=O) groups excluding carboxylic acids is 4. The van der Waals surface area contributed by atoms with Crippen LogP contribution in [-0.4, -0.2) is 45.8 Å². The Morgan fingerprint density at radius 2 is 1.58 bits per heavy atom. The monoisotopic (exact) mass is 810 g/mol. The van der Waals surface area contributed by atoms with Crippen molar-refractivity contribution in [3.05, 3.63) is 142 Å². The van der Waals surface area contributed by atoms with Crippen molar-refractivity contribution in [3.63, 3.8) is 0 Å². The minimum absolute atomic E-state index is 0.0342. The number of hydrogen-bond acceptors (Lipinski definition) is 7. The molecule has 2 saturated heterocycles. The lowest BCUT2D eigenvalue weighted by Crippen LogP contribution is -2.53. The van der Waals surface area contributed by atoms with E-state index in [2.05, 4.69) is 4.98 Å². The summed E-state index contributed by atoms with van der Waals surface area (Å²) >= 11 is 12.7. The van der Waals surface area contributed by atoms with Gasteiger partial charge < -0.3 is 5.11 Å². The maximum atomic E-state index is 15.5. The van der Waals surface area contributed by atoms with Gasteiger partial charge in [0.05, 0.1) is 33.9 Å². The number of fused-ring (bicyclic) bond motifs is 5. The highest BCUT2D eigenvalue weighted by molar-refractivity contribution is 6.33. The van der Waals surface area contributed by atoms with Crippen LogP contribution in [0.5, 0.6) is 5.75 Å². The number of nitrogens with zero attached hydrogens (tertiary/aromatic N) is 4. The lowest BCUT2D eigenvalue weighted by molar-refractivity contribution is -0.141. The van der Waals surface area contributed by atoms with Gasteiger partial charge in [-0.25, -0.2) is 9.88 Å². The lowest BCUT2D eigenvalue weighted by Gasteiger charge is -2.50. The van der Waals surface area contributed by atoms with Crippen LogP contribution in [0.3, 0.4) is 0 Å². The summed E-state index contributed by atoms with van der Waals surface area (Å²) in [6, 6.07) is 27.8. The highest BCUT2D eigenvalue weighted by Crippen LogP contribution is 2.65. The van der Waals surface area contributed by atoms with Gasteiger partial charge in [0.25, 0.3) is 11.8 Å². The molecule has 0 unspecified atom stereocenters. The zero-order valence-electron chi connectivity index (χ0n) is 30.0. The Hall–Kier alpha value is -5.72. The molecule has 9 rings (SSSR count). The highest BCUT2D eigenvalue weighted by atomic mass is 35.5. The number of benzene rings is 4. The van der Waals surface area contributed by atoms with Gasteiger partial charge in [-0.15, -0.1) is 0 Å². The number of aromatic hydroxyl groups is 1. The van der Waals surface area contributed by atoms with E-state index in [4.69, 9.17) is 23.2 Å². The van der Waals surface area contributed by atoms with E-state index in [1.807, 2.05) is 24.3 Å². The number of alkyl halides is 3. The van der Waals surface area contributed by atoms with Crippen LogP contribution in [0.15, 0.2) is 115 Å². The minimum Gasteiger partial charge on any atom is -0.507 e. The minimum atomic E-state index is -4.83. The Bertz CT molecular complexity index is 2590. The first-order chi connectivity index (χ1) is 27.2. The van der Waals surface area contributed by atoms with Gasteiger partial charge in [0.15, 0.2) is 5.82 Å². The quantitative estimate of drug-likeness (QED) is 0.140. The standard InChI is InChI=1S/C43H31Cl2F3N4O5/c1-50(37-32(45)18-19-33(49-37)43(46,47)48)52-38(54)28-17-16-27-30(34(28)40(52)56)21-31-39(55)51(25-12-7-11-24(44)20-25)41(57)42(31,23-9-3-2-4-10-23)35(27)29-15-14-22-8-5-6-13-26(22)36(29)53/h2-16,18-20,28,30-31,34-35,53H,17,21H2,1H3/t28-,30+,31-,34-,35+,42+/m0/s1. The number of rotatable bonds is 5. The predicted octanol–water partition coefficient (Wildman–Crippen LogP) is 8.48. The van der Waals surface area contributed by atoms with Gasteiger partial charge in [0, 0.05) is 28.9 Å². The number of halogens is 5. The fourth-order valence-electron chi connectivity index (χ4n) is 9.78. The van der Waals surface area contributed by atoms with Gasteiger partial charge in [-0.1, -0.05) is 108 Å². The van der Waals surface area contributed by atoms with Crippen LogP contribution in [0.1, 0.15) is 35.6 Å². The molecule has 288 valence electrons. The molecule has 2 aliphatic heterocycles. The second kappa shape index (κ2) is 13.2. The first kappa shape index (κ1) is 36.9. The highest BCUT2D eigenvalue weighted by Gasteiger charge is 2.70. The summed E-state index contributed by atoms with van der Waals surface area (Å²) in [5, 5.41) is 15.2. The number of hydrazine groups is 1. The van der Waals surface area contributed by atoms with Crippen molar-refractivity contribution >= 4 is 69.1 Å². The smallest absolute Gasteiger partial charge is 0.433 e. The number of allylic oxidation sites excluding steroid dienone is 2. The molecular formula is C43H31Cl2F3N4O5. The Labute approximate surface area is 333 Å². The molecule has 6 atom stereocenters.